The minimum atomic E-state index is -0.226. The molecule has 3 aromatic heterocycles. The lowest BCUT2D eigenvalue weighted by molar-refractivity contribution is 0.102. The minimum absolute atomic E-state index is 0.185. The molecule has 0 saturated carbocycles. The maximum atomic E-state index is 12.4. The summed E-state index contributed by atoms with van der Waals surface area (Å²) in [4.78, 5) is 16.7. The van der Waals surface area contributed by atoms with Gasteiger partial charge in [0.25, 0.3) is 5.91 Å². The molecule has 124 valence electrons. The smallest absolute Gasteiger partial charge is 0.258 e. The summed E-state index contributed by atoms with van der Waals surface area (Å²) in [7, 11) is 0. The highest BCUT2D eigenvalue weighted by Crippen LogP contribution is 2.21. The third-order valence-corrected chi connectivity index (χ3v) is 3.96. The number of aromatic nitrogens is 6. The van der Waals surface area contributed by atoms with E-state index >= 15 is 0 Å². The molecule has 0 fully saturated rings. The Labute approximate surface area is 139 Å². The molecule has 0 aliphatic rings. The van der Waals surface area contributed by atoms with Gasteiger partial charge in [-0.25, -0.2) is 9.67 Å². The van der Waals surface area contributed by atoms with E-state index in [4.69, 9.17) is 0 Å². The van der Waals surface area contributed by atoms with Crippen LogP contribution in [-0.2, 0) is 0 Å². The van der Waals surface area contributed by atoms with Crippen molar-refractivity contribution in [3.8, 4) is 5.82 Å². The first-order valence-electron chi connectivity index (χ1n) is 7.72. The lowest BCUT2D eigenvalue weighted by Crippen LogP contribution is -2.20. The average Bonchev–Trinajstić information content (AvgIpc) is 3.26. The Morgan fingerprint density at radius 3 is 2.50 bits per heavy atom. The van der Waals surface area contributed by atoms with Crippen LogP contribution in [0, 0.1) is 5.92 Å². The Hall–Kier alpha value is -3.03. The van der Waals surface area contributed by atoms with Crippen molar-refractivity contribution in [1.82, 2.24) is 29.5 Å². The van der Waals surface area contributed by atoms with Crippen molar-refractivity contribution in [2.75, 3.05) is 5.32 Å². The second-order valence-electron chi connectivity index (χ2n) is 5.87. The van der Waals surface area contributed by atoms with Crippen LogP contribution in [0.15, 0.2) is 43.2 Å². The Bertz CT molecular complexity index is 805. The topological polar surface area (TPSA) is 90.5 Å². The molecule has 1 atom stereocenters. The van der Waals surface area contributed by atoms with E-state index in [-0.39, 0.29) is 11.9 Å². The van der Waals surface area contributed by atoms with Crippen LogP contribution >= 0.6 is 0 Å². The molecule has 24 heavy (non-hydrogen) atoms. The van der Waals surface area contributed by atoms with Gasteiger partial charge in [-0.1, -0.05) is 13.8 Å². The number of nitrogens with zero attached hydrogens (tertiary/aromatic N) is 6. The van der Waals surface area contributed by atoms with Crippen molar-refractivity contribution >= 4 is 11.7 Å². The normalized spacial score (nSPS) is 12.3. The van der Waals surface area contributed by atoms with Crippen molar-refractivity contribution in [3.63, 3.8) is 0 Å². The van der Waals surface area contributed by atoms with Crippen LogP contribution in [0.25, 0.3) is 5.82 Å². The van der Waals surface area contributed by atoms with Gasteiger partial charge in [0.2, 0.25) is 0 Å². The van der Waals surface area contributed by atoms with E-state index in [0.29, 0.717) is 23.1 Å². The van der Waals surface area contributed by atoms with Crippen molar-refractivity contribution in [3.05, 3.63) is 48.8 Å². The van der Waals surface area contributed by atoms with Gasteiger partial charge in [-0.15, -0.1) is 10.2 Å². The van der Waals surface area contributed by atoms with Gasteiger partial charge in [-0.3, -0.25) is 9.36 Å². The highest BCUT2D eigenvalue weighted by Gasteiger charge is 2.16. The van der Waals surface area contributed by atoms with E-state index in [1.54, 1.807) is 41.6 Å². The molecule has 1 N–H and O–H groups in total. The summed E-state index contributed by atoms with van der Waals surface area (Å²) >= 11 is 0. The molecular formula is C16H19N7O. The molecule has 0 saturated heterocycles. The molecule has 3 aromatic rings. The number of amides is 1. The molecule has 0 bridgehead atoms. The first-order chi connectivity index (χ1) is 11.6. The average molecular weight is 325 g/mol. The summed E-state index contributed by atoms with van der Waals surface area (Å²) in [5, 5.41) is 14.6. The standard InChI is InChI=1S/C16H19N7O/c1-11(2)12(3)23-15(6-7-20-23)21-16(24)13-4-5-14(17-8-13)22-9-18-19-10-22/h4-12H,1-3H3,(H,21,24)/t12-/m1/s1. The maximum absolute atomic E-state index is 12.4. The van der Waals surface area contributed by atoms with Gasteiger partial charge in [0.1, 0.15) is 24.3 Å². The number of anilines is 1. The third kappa shape index (κ3) is 3.17. The van der Waals surface area contributed by atoms with Crippen LogP contribution in [0.5, 0.6) is 0 Å². The molecule has 0 unspecified atom stereocenters. The van der Waals surface area contributed by atoms with Crippen LogP contribution in [0.2, 0.25) is 0 Å². The number of hydrogen-bond donors (Lipinski definition) is 1. The van der Waals surface area contributed by atoms with Gasteiger partial charge in [0.05, 0.1) is 17.8 Å². The van der Waals surface area contributed by atoms with Gasteiger partial charge in [-0.05, 0) is 25.0 Å². The zero-order valence-corrected chi connectivity index (χ0v) is 13.8. The van der Waals surface area contributed by atoms with E-state index in [0.717, 1.165) is 0 Å². The zero-order valence-electron chi connectivity index (χ0n) is 13.8. The van der Waals surface area contributed by atoms with Crippen LogP contribution in [0.4, 0.5) is 5.82 Å². The predicted molar refractivity (Wildman–Crippen MR) is 88.9 cm³/mol. The molecule has 1 amide bonds. The van der Waals surface area contributed by atoms with E-state index in [1.807, 2.05) is 4.68 Å². The lowest BCUT2D eigenvalue weighted by atomic mass is 10.1. The quantitative estimate of drug-likeness (QED) is 0.777. The molecule has 0 aliphatic carbocycles. The summed E-state index contributed by atoms with van der Waals surface area (Å²) in [6.07, 6.45) is 6.31. The van der Waals surface area contributed by atoms with Crippen molar-refractivity contribution in [2.24, 2.45) is 5.92 Å². The van der Waals surface area contributed by atoms with Gasteiger partial charge in [-0.2, -0.15) is 5.10 Å². The number of pyridine rings is 1. The van der Waals surface area contributed by atoms with Crippen LogP contribution in [-0.4, -0.2) is 35.4 Å². The van der Waals surface area contributed by atoms with Crippen LogP contribution in [0.3, 0.4) is 0 Å². The van der Waals surface area contributed by atoms with Crippen molar-refractivity contribution in [1.29, 1.82) is 0 Å². The number of rotatable bonds is 5. The van der Waals surface area contributed by atoms with Gasteiger partial charge in [0, 0.05) is 12.3 Å². The fourth-order valence-electron chi connectivity index (χ4n) is 2.20. The second kappa shape index (κ2) is 6.61. The number of carbonyl (C=O) groups is 1. The Morgan fingerprint density at radius 1 is 1.12 bits per heavy atom. The fourth-order valence-corrected chi connectivity index (χ4v) is 2.20. The monoisotopic (exact) mass is 325 g/mol. The summed E-state index contributed by atoms with van der Waals surface area (Å²) in [6.45, 7) is 6.31. The number of nitrogens with one attached hydrogen (secondary N) is 1. The van der Waals surface area contributed by atoms with Crippen molar-refractivity contribution < 1.29 is 4.79 Å². The summed E-state index contributed by atoms with van der Waals surface area (Å²) < 4.78 is 3.49. The van der Waals surface area contributed by atoms with Crippen molar-refractivity contribution in [2.45, 2.75) is 26.8 Å². The number of hydrogen-bond acceptors (Lipinski definition) is 5. The summed E-state index contributed by atoms with van der Waals surface area (Å²) in [5.74, 6) is 1.50. The highest BCUT2D eigenvalue weighted by atomic mass is 16.1. The molecule has 0 radical (unpaired) electrons. The van der Waals surface area contributed by atoms with E-state index in [1.165, 1.54) is 6.20 Å². The maximum Gasteiger partial charge on any atom is 0.258 e. The Morgan fingerprint density at radius 2 is 1.88 bits per heavy atom. The van der Waals surface area contributed by atoms with Gasteiger partial charge in [0.15, 0.2) is 0 Å². The third-order valence-electron chi connectivity index (χ3n) is 3.96. The van der Waals surface area contributed by atoms with Gasteiger partial charge < -0.3 is 5.32 Å². The van der Waals surface area contributed by atoms with E-state index in [2.05, 4.69) is 46.4 Å². The molecule has 0 aromatic carbocycles. The second-order valence-corrected chi connectivity index (χ2v) is 5.87. The number of carbonyl (C=O) groups excluding carboxylic acids is 1. The lowest BCUT2D eigenvalue weighted by Gasteiger charge is -2.19. The highest BCUT2D eigenvalue weighted by molar-refractivity contribution is 6.03. The molecule has 3 heterocycles. The predicted octanol–water partition coefficient (Wildman–Crippen LogP) is 2.33. The van der Waals surface area contributed by atoms with Crippen LogP contribution in [0.1, 0.15) is 37.2 Å². The van der Waals surface area contributed by atoms with Gasteiger partial charge >= 0.3 is 0 Å². The molecule has 0 spiro atoms. The van der Waals surface area contributed by atoms with E-state index < -0.39 is 0 Å². The van der Waals surface area contributed by atoms with E-state index in [9.17, 15) is 4.79 Å². The first kappa shape index (κ1) is 15.9. The SMILES string of the molecule is CC(C)[C@@H](C)n1nccc1NC(=O)c1ccc(-n2cnnc2)nc1. The Balaban J connectivity index is 1.75. The largest absolute Gasteiger partial charge is 0.307 e. The molecule has 3 rings (SSSR count). The summed E-state index contributed by atoms with van der Waals surface area (Å²) in [5.41, 5.74) is 0.469. The zero-order chi connectivity index (χ0) is 17.1. The molecule has 0 aliphatic heterocycles. The minimum Gasteiger partial charge on any atom is -0.307 e. The first-order valence-corrected chi connectivity index (χ1v) is 7.72. The fraction of sp³-hybridized carbons (Fsp3) is 0.312. The summed E-state index contributed by atoms with van der Waals surface area (Å²) in [6, 6.07) is 5.43. The molecule has 8 nitrogen and oxygen atoms in total. The van der Waals surface area contributed by atoms with Crippen LogP contribution < -0.4 is 5.32 Å². The molecular weight excluding hydrogens is 306 g/mol. The molecule has 8 heteroatoms. The Kier molecular flexibility index (Phi) is 4.37.